The summed E-state index contributed by atoms with van der Waals surface area (Å²) >= 11 is 1.55. The van der Waals surface area contributed by atoms with Crippen LogP contribution in [0.25, 0.3) is 0 Å². The summed E-state index contributed by atoms with van der Waals surface area (Å²) in [6.07, 6.45) is 0. The number of hydrogen-bond acceptors (Lipinski definition) is 7. The molecule has 8 heteroatoms. The molecule has 1 unspecified atom stereocenters. The standard InChI is InChI=1S/C32H34N4O3S/c1-21-27(29(37)38-5)28(36-30(33-21)34-31(35-36)40-20-23-9-7-6-8-10-23)24-13-17-26(18-14-24)39-19-22-11-15-25(16-12-22)32(2,3)4/h6-18,28H,19-20H2,1-5H3,(H,33,34,35). The molecule has 206 valence electrons. The van der Waals surface area contributed by atoms with Gasteiger partial charge in [0.05, 0.1) is 12.7 Å². The first-order chi connectivity index (χ1) is 19.2. The molecule has 0 radical (unpaired) electrons. The second kappa shape index (κ2) is 11.6. The van der Waals surface area contributed by atoms with Gasteiger partial charge in [-0.05, 0) is 46.7 Å². The van der Waals surface area contributed by atoms with Crippen LogP contribution in [0.2, 0.25) is 0 Å². The molecule has 0 aliphatic carbocycles. The van der Waals surface area contributed by atoms with Crippen molar-refractivity contribution in [2.75, 3.05) is 12.4 Å². The van der Waals surface area contributed by atoms with E-state index in [-0.39, 0.29) is 5.41 Å². The Morgan fingerprint density at radius 3 is 2.33 bits per heavy atom. The Labute approximate surface area is 239 Å². The first kappa shape index (κ1) is 27.5. The lowest BCUT2D eigenvalue weighted by Crippen LogP contribution is -2.29. The van der Waals surface area contributed by atoms with Crippen LogP contribution >= 0.6 is 11.8 Å². The average molecular weight is 555 g/mol. The first-order valence-corrected chi connectivity index (χ1v) is 14.2. The number of rotatable bonds is 8. The van der Waals surface area contributed by atoms with Crippen LogP contribution in [0.1, 0.15) is 56.0 Å². The normalized spacial score (nSPS) is 14.9. The average Bonchev–Trinajstić information content (AvgIpc) is 3.37. The van der Waals surface area contributed by atoms with Gasteiger partial charge in [-0.3, -0.25) is 0 Å². The Bertz CT molecular complexity index is 1500. The predicted molar refractivity (Wildman–Crippen MR) is 158 cm³/mol. The number of nitrogens with zero attached hydrogens (tertiary/aromatic N) is 3. The Kier molecular flexibility index (Phi) is 7.98. The van der Waals surface area contributed by atoms with Crippen molar-refractivity contribution in [2.45, 2.75) is 56.7 Å². The third-order valence-corrected chi connectivity index (χ3v) is 7.78. The van der Waals surface area contributed by atoms with Gasteiger partial charge in [0, 0.05) is 11.4 Å². The van der Waals surface area contributed by atoms with E-state index in [0.29, 0.717) is 29.0 Å². The first-order valence-electron chi connectivity index (χ1n) is 13.2. The number of ether oxygens (including phenoxy) is 2. The molecule has 0 spiro atoms. The van der Waals surface area contributed by atoms with Crippen molar-refractivity contribution >= 4 is 23.7 Å². The molecule has 2 heterocycles. The summed E-state index contributed by atoms with van der Waals surface area (Å²) in [5.74, 6) is 1.67. The third kappa shape index (κ3) is 6.07. The molecule has 1 aliphatic heterocycles. The quantitative estimate of drug-likeness (QED) is 0.187. The molecule has 0 fully saturated rings. The summed E-state index contributed by atoms with van der Waals surface area (Å²) in [6, 6.07) is 26.0. The number of thioether (sulfide) groups is 1. The predicted octanol–water partition coefficient (Wildman–Crippen LogP) is 6.91. The Morgan fingerprint density at radius 1 is 0.975 bits per heavy atom. The second-order valence-electron chi connectivity index (χ2n) is 10.8. The molecule has 3 aromatic carbocycles. The summed E-state index contributed by atoms with van der Waals surface area (Å²) in [6.45, 7) is 8.95. The van der Waals surface area contributed by atoms with Crippen LogP contribution in [0.5, 0.6) is 5.75 Å². The van der Waals surface area contributed by atoms with Crippen molar-refractivity contribution in [3.05, 3.63) is 112 Å². The number of benzene rings is 3. The van der Waals surface area contributed by atoms with E-state index >= 15 is 0 Å². The van der Waals surface area contributed by atoms with Crippen LogP contribution in [-0.4, -0.2) is 27.8 Å². The molecule has 5 rings (SSSR count). The highest BCUT2D eigenvalue weighted by molar-refractivity contribution is 7.98. The van der Waals surface area contributed by atoms with Crippen molar-refractivity contribution < 1.29 is 14.3 Å². The van der Waals surface area contributed by atoms with Gasteiger partial charge in [0.15, 0.2) is 0 Å². The van der Waals surface area contributed by atoms with Gasteiger partial charge < -0.3 is 14.8 Å². The maximum Gasteiger partial charge on any atom is 0.338 e. The highest BCUT2D eigenvalue weighted by Crippen LogP contribution is 2.37. The lowest BCUT2D eigenvalue weighted by atomic mass is 9.87. The van der Waals surface area contributed by atoms with Crippen molar-refractivity contribution in [3.8, 4) is 5.75 Å². The number of carbonyl (C=O) groups is 1. The number of methoxy groups -OCH3 is 1. The van der Waals surface area contributed by atoms with Gasteiger partial charge >= 0.3 is 5.97 Å². The number of hydrogen-bond donors (Lipinski definition) is 1. The summed E-state index contributed by atoms with van der Waals surface area (Å²) in [5.41, 5.74) is 5.77. The van der Waals surface area contributed by atoms with E-state index in [9.17, 15) is 4.79 Å². The van der Waals surface area contributed by atoms with Gasteiger partial charge in [0.25, 0.3) is 0 Å². The minimum Gasteiger partial charge on any atom is -0.489 e. The number of anilines is 1. The molecular formula is C32H34N4O3S. The lowest BCUT2D eigenvalue weighted by Gasteiger charge is -2.27. The topological polar surface area (TPSA) is 78.3 Å². The molecule has 1 aliphatic rings. The minimum absolute atomic E-state index is 0.116. The maximum atomic E-state index is 12.9. The van der Waals surface area contributed by atoms with E-state index in [2.05, 4.69) is 62.5 Å². The van der Waals surface area contributed by atoms with Crippen LogP contribution in [0.15, 0.2) is 95.3 Å². The molecule has 0 amide bonds. The maximum absolute atomic E-state index is 12.9. The molecule has 1 aromatic heterocycles. The van der Waals surface area contributed by atoms with Crippen LogP contribution in [0, 0.1) is 0 Å². The second-order valence-corrected chi connectivity index (χ2v) is 11.7. The molecule has 0 saturated carbocycles. The summed E-state index contributed by atoms with van der Waals surface area (Å²) < 4.78 is 13.0. The molecule has 1 atom stereocenters. The molecule has 1 N–H and O–H groups in total. The molecular weight excluding hydrogens is 520 g/mol. The van der Waals surface area contributed by atoms with Crippen LogP contribution in [0.4, 0.5) is 5.95 Å². The van der Waals surface area contributed by atoms with Gasteiger partial charge in [0.2, 0.25) is 11.1 Å². The number of aromatic nitrogens is 3. The zero-order chi connectivity index (χ0) is 28.3. The van der Waals surface area contributed by atoms with Gasteiger partial charge in [-0.15, -0.1) is 5.10 Å². The number of carbonyl (C=O) groups excluding carboxylic acids is 1. The van der Waals surface area contributed by atoms with Crippen molar-refractivity contribution in [2.24, 2.45) is 0 Å². The SMILES string of the molecule is COC(=O)C1=C(C)Nc2nc(SCc3ccccc3)nn2C1c1ccc(OCc2ccc(C(C)(C)C)cc2)cc1. The number of nitrogens with one attached hydrogen (secondary N) is 1. The van der Waals surface area contributed by atoms with Crippen LogP contribution in [-0.2, 0) is 27.3 Å². The van der Waals surface area contributed by atoms with Gasteiger partial charge in [-0.2, -0.15) is 4.98 Å². The van der Waals surface area contributed by atoms with E-state index in [1.54, 1.807) is 16.4 Å². The van der Waals surface area contributed by atoms with E-state index in [1.807, 2.05) is 49.4 Å². The molecule has 0 saturated heterocycles. The Balaban J connectivity index is 1.36. The van der Waals surface area contributed by atoms with E-state index < -0.39 is 12.0 Å². The zero-order valence-electron chi connectivity index (χ0n) is 23.5. The minimum atomic E-state index is -0.485. The van der Waals surface area contributed by atoms with E-state index in [1.165, 1.54) is 18.2 Å². The fraction of sp³-hybridized carbons (Fsp3) is 0.281. The Hall–Kier alpha value is -4.04. The van der Waals surface area contributed by atoms with E-state index in [0.717, 1.165) is 22.6 Å². The van der Waals surface area contributed by atoms with Crippen molar-refractivity contribution in [1.29, 1.82) is 0 Å². The van der Waals surface area contributed by atoms with Gasteiger partial charge in [0.1, 0.15) is 18.4 Å². The van der Waals surface area contributed by atoms with Gasteiger partial charge in [-0.1, -0.05) is 99.3 Å². The Morgan fingerprint density at radius 2 is 1.68 bits per heavy atom. The van der Waals surface area contributed by atoms with E-state index in [4.69, 9.17) is 19.6 Å². The van der Waals surface area contributed by atoms with Crippen LogP contribution in [0.3, 0.4) is 0 Å². The zero-order valence-corrected chi connectivity index (χ0v) is 24.3. The molecule has 7 nitrogen and oxygen atoms in total. The fourth-order valence-electron chi connectivity index (χ4n) is 4.61. The van der Waals surface area contributed by atoms with Gasteiger partial charge in [-0.25, -0.2) is 9.48 Å². The third-order valence-electron chi connectivity index (χ3n) is 6.87. The number of fused-ring (bicyclic) bond motifs is 1. The van der Waals surface area contributed by atoms with Crippen molar-refractivity contribution in [1.82, 2.24) is 14.8 Å². The summed E-state index contributed by atoms with van der Waals surface area (Å²) in [7, 11) is 1.39. The highest BCUT2D eigenvalue weighted by Gasteiger charge is 2.35. The highest BCUT2D eigenvalue weighted by atomic mass is 32.2. The summed E-state index contributed by atoms with van der Waals surface area (Å²) in [4.78, 5) is 17.6. The monoisotopic (exact) mass is 554 g/mol. The van der Waals surface area contributed by atoms with Crippen LogP contribution < -0.4 is 10.1 Å². The number of esters is 1. The fourth-order valence-corrected chi connectivity index (χ4v) is 5.40. The largest absolute Gasteiger partial charge is 0.489 e. The summed E-state index contributed by atoms with van der Waals surface area (Å²) in [5, 5.41) is 8.65. The number of allylic oxidation sites excluding steroid dienone is 1. The molecule has 40 heavy (non-hydrogen) atoms. The van der Waals surface area contributed by atoms with Crippen molar-refractivity contribution in [3.63, 3.8) is 0 Å². The molecule has 0 bridgehead atoms. The lowest BCUT2D eigenvalue weighted by molar-refractivity contribution is -0.136. The smallest absolute Gasteiger partial charge is 0.338 e. The molecule has 4 aromatic rings.